The SMILES string of the molecule is CCc1cc2c(NCCC(C)(C)C)nc(Cl)nc2s1. The van der Waals surface area contributed by atoms with Crippen molar-refractivity contribution in [2.45, 2.75) is 40.5 Å². The molecule has 19 heavy (non-hydrogen) atoms. The van der Waals surface area contributed by atoms with Gasteiger partial charge in [-0.25, -0.2) is 9.97 Å². The van der Waals surface area contributed by atoms with Crippen LogP contribution in [0.2, 0.25) is 5.28 Å². The maximum atomic E-state index is 5.99. The van der Waals surface area contributed by atoms with Gasteiger partial charge in [0, 0.05) is 11.4 Å². The first kappa shape index (κ1) is 14.5. The Labute approximate surface area is 123 Å². The van der Waals surface area contributed by atoms with Gasteiger partial charge in [-0.2, -0.15) is 0 Å². The van der Waals surface area contributed by atoms with Crippen molar-refractivity contribution in [1.82, 2.24) is 9.97 Å². The Kier molecular flexibility index (Phi) is 4.31. The molecule has 3 nitrogen and oxygen atoms in total. The second-order valence-corrected chi connectivity index (χ2v) is 7.32. The van der Waals surface area contributed by atoms with Crippen LogP contribution in [0.5, 0.6) is 0 Å². The molecule has 0 radical (unpaired) electrons. The topological polar surface area (TPSA) is 37.8 Å². The first-order valence-electron chi connectivity index (χ1n) is 6.59. The minimum absolute atomic E-state index is 0.312. The van der Waals surface area contributed by atoms with Gasteiger partial charge in [0.25, 0.3) is 0 Å². The van der Waals surface area contributed by atoms with E-state index in [4.69, 9.17) is 11.6 Å². The highest BCUT2D eigenvalue weighted by Gasteiger charge is 2.13. The molecule has 0 fully saturated rings. The predicted octanol–water partition coefficient (Wildman–Crippen LogP) is 4.76. The van der Waals surface area contributed by atoms with Gasteiger partial charge in [0.05, 0.1) is 5.39 Å². The number of aryl methyl sites for hydroxylation is 1. The van der Waals surface area contributed by atoms with Crippen molar-refractivity contribution in [3.63, 3.8) is 0 Å². The van der Waals surface area contributed by atoms with E-state index in [9.17, 15) is 0 Å². The smallest absolute Gasteiger partial charge is 0.225 e. The summed E-state index contributed by atoms with van der Waals surface area (Å²) in [7, 11) is 0. The van der Waals surface area contributed by atoms with Crippen molar-refractivity contribution in [3.8, 4) is 0 Å². The van der Waals surface area contributed by atoms with E-state index >= 15 is 0 Å². The van der Waals surface area contributed by atoms with E-state index < -0.39 is 0 Å². The third-order valence-electron chi connectivity index (χ3n) is 2.93. The highest BCUT2D eigenvalue weighted by Crippen LogP contribution is 2.30. The summed E-state index contributed by atoms with van der Waals surface area (Å²) in [4.78, 5) is 10.9. The predicted molar refractivity (Wildman–Crippen MR) is 84.4 cm³/mol. The van der Waals surface area contributed by atoms with E-state index in [0.29, 0.717) is 10.7 Å². The number of rotatable bonds is 4. The van der Waals surface area contributed by atoms with Crippen LogP contribution in [-0.2, 0) is 6.42 Å². The summed E-state index contributed by atoms with van der Waals surface area (Å²) in [5.41, 5.74) is 0.312. The van der Waals surface area contributed by atoms with Gasteiger partial charge in [0.15, 0.2) is 0 Å². The van der Waals surface area contributed by atoms with E-state index in [1.807, 2.05) is 0 Å². The molecule has 2 heterocycles. The number of anilines is 1. The van der Waals surface area contributed by atoms with E-state index in [2.05, 4.69) is 49.0 Å². The molecular formula is C14H20ClN3S. The standard InChI is InChI=1S/C14H20ClN3S/c1-5-9-8-10-11(16-7-6-14(2,3)4)17-13(15)18-12(10)19-9/h8H,5-7H2,1-4H3,(H,16,17,18). The molecule has 0 aliphatic heterocycles. The molecule has 0 spiro atoms. The molecule has 1 N–H and O–H groups in total. The molecule has 2 rings (SSSR count). The fraction of sp³-hybridized carbons (Fsp3) is 0.571. The number of aromatic nitrogens is 2. The van der Waals surface area contributed by atoms with Crippen LogP contribution in [0.4, 0.5) is 5.82 Å². The number of halogens is 1. The monoisotopic (exact) mass is 297 g/mol. The summed E-state index contributed by atoms with van der Waals surface area (Å²) in [5.74, 6) is 0.857. The van der Waals surface area contributed by atoms with E-state index in [1.54, 1.807) is 11.3 Å². The average molecular weight is 298 g/mol. The van der Waals surface area contributed by atoms with Crippen LogP contribution in [-0.4, -0.2) is 16.5 Å². The third kappa shape index (κ3) is 3.80. The maximum absolute atomic E-state index is 5.99. The Morgan fingerprint density at radius 3 is 2.68 bits per heavy atom. The summed E-state index contributed by atoms with van der Waals surface area (Å²) < 4.78 is 0. The molecular weight excluding hydrogens is 278 g/mol. The highest BCUT2D eigenvalue weighted by atomic mass is 35.5. The highest BCUT2D eigenvalue weighted by molar-refractivity contribution is 7.18. The lowest BCUT2D eigenvalue weighted by Gasteiger charge is -2.18. The lowest BCUT2D eigenvalue weighted by Crippen LogP contribution is -2.13. The fourth-order valence-corrected chi connectivity index (χ4v) is 3.00. The zero-order chi connectivity index (χ0) is 14.0. The minimum Gasteiger partial charge on any atom is -0.369 e. The van der Waals surface area contributed by atoms with Crippen LogP contribution in [0, 0.1) is 5.41 Å². The Hall–Kier alpha value is -0.870. The summed E-state index contributed by atoms with van der Waals surface area (Å²) in [5, 5.41) is 4.79. The quantitative estimate of drug-likeness (QED) is 0.827. The first-order valence-corrected chi connectivity index (χ1v) is 7.78. The van der Waals surface area contributed by atoms with Crippen LogP contribution >= 0.6 is 22.9 Å². The molecule has 0 aliphatic carbocycles. The number of nitrogens with one attached hydrogen (secondary N) is 1. The second-order valence-electron chi connectivity index (χ2n) is 5.86. The van der Waals surface area contributed by atoms with Crippen LogP contribution in [0.1, 0.15) is 39.0 Å². The van der Waals surface area contributed by atoms with Gasteiger partial charge in [-0.05, 0) is 35.9 Å². The largest absolute Gasteiger partial charge is 0.369 e. The van der Waals surface area contributed by atoms with Crippen molar-refractivity contribution >= 4 is 39.0 Å². The van der Waals surface area contributed by atoms with Gasteiger partial charge >= 0.3 is 0 Å². The van der Waals surface area contributed by atoms with Gasteiger partial charge in [-0.3, -0.25) is 0 Å². The van der Waals surface area contributed by atoms with E-state index in [-0.39, 0.29) is 0 Å². The Bertz CT molecular complexity index is 572. The number of hydrogen-bond acceptors (Lipinski definition) is 4. The molecule has 0 aromatic carbocycles. The zero-order valence-electron chi connectivity index (χ0n) is 11.9. The van der Waals surface area contributed by atoms with Gasteiger partial charge in [0.1, 0.15) is 10.6 Å². The molecule has 0 bridgehead atoms. The molecule has 0 saturated carbocycles. The molecule has 2 aromatic heterocycles. The lowest BCUT2D eigenvalue weighted by atomic mass is 9.92. The van der Waals surface area contributed by atoms with E-state index in [0.717, 1.165) is 35.4 Å². The number of thiophene rings is 1. The Balaban J connectivity index is 2.23. The van der Waals surface area contributed by atoms with Crippen molar-refractivity contribution in [1.29, 1.82) is 0 Å². The zero-order valence-corrected chi connectivity index (χ0v) is 13.5. The summed E-state index contributed by atoms with van der Waals surface area (Å²) in [6.45, 7) is 9.74. The van der Waals surface area contributed by atoms with E-state index in [1.165, 1.54) is 4.88 Å². The maximum Gasteiger partial charge on any atom is 0.225 e. The molecule has 0 saturated heterocycles. The van der Waals surface area contributed by atoms with Gasteiger partial charge < -0.3 is 5.32 Å². The van der Waals surface area contributed by atoms with Crippen molar-refractivity contribution in [3.05, 3.63) is 16.2 Å². The van der Waals surface area contributed by atoms with Crippen LogP contribution in [0.25, 0.3) is 10.2 Å². The molecule has 0 atom stereocenters. The lowest BCUT2D eigenvalue weighted by molar-refractivity contribution is 0.389. The molecule has 0 aliphatic rings. The minimum atomic E-state index is 0.312. The van der Waals surface area contributed by atoms with Gasteiger partial charge in [0.2, 0.25) is 5.28 Å². The van der Waals surface area contributed by atoms with Crippen molar-refractivity contribution < 1.29 is 0 Å². The summed E-state index contributed by atoms with van der Waals surface area (Å²) >= 11 is 7.68. The average Bonchev–Trinajstić information content (AvgIpc) is 2.70. The molecule has 2 aromatic rings. The van der Waals surface area contributed by atoms with Crippen LogP contribution in [0.15, 0.2) is 6.07 Å². The van der Waals surface area contributed by atoms with Crippen LogP contribution < -0.4 is 5.32 Å². The fourth-order valence-electron chi connectivity index (χ4n) is 1.81. The van der Waals surface area contributed by atoms with Crippen LogP contribution in [0.3, 0.4) is 0 Å². The Morgan fingerprint density at radius 2 is 2.05 bits per heavy atom. The molecule has 5 heteroatoms. The molecule has 104 valence electrons. The summed E-state index contributed by atoms with van der Waals surface area (Å²) in [6, 6.07) is 2.16. The normalized spacial score (nSPS) is 12.1. The van der Waals surface area contributed by atoms with Gasteiger partial charge in [-0.1, -0.05) is 27.7 Å². The molecule has 0 amide bonds. The van der Waals surface area contributed by atoms with Crippen molar-refractivity contribution in [2.24, 2.45) is 5.41 Å². The third-order valence-corrected chi connectivity index (χ3v) is 4.27. The molecule has 0 unspecified atom stereocenters. The first-order chi connectivity index (χ1) is 8.89. The summed E-state index contributed by atoms with van der Waals surface area (Å²) in [6.07, 6.45) is 2.10. The van der Waals surface area contributed by atoms with Crippen molar-refractivity contribution in [2.75, 3.05) is 11.9 Å². The Morgan fingerprint density at radius 1 is 1.32 bits per heavy atom. The van der Waals surface area contributed by atoms with Gasteiger partial charge in [-0.15, -0.1) is 11.3 Å². The number of hydrogen-bond donors (Lipinski definition) is 1. The second kappa shape index (κ2) is 5.63. The number of nitrogens with zero attached hydrogens (tertiary/aromatic N) is 2. The number of fused-ring (bicyclic) bond motifs is 1.